The van der Waals surface area contributed by atoms with Gasteiger partial charge in [-0.1, -0.05) is 42.4 Å². The molecule has 0 atom stereocenters. The number of phenolic OH excluding ortho intramolecular Hbond substituents is 1. The zero-order chi connectivity index (χ0) is 20.8. The average molecular weight is 496 g/mol. The van der Waals surface area contributed by atoms with Crippen molar-refractivity contribution < 1.29 is 9.84 Å². The number of aromatic hydroxyl groups is 1. The van der Waals surface area contributed by atoms with Crippen LogP contribution in [0.5, 0.6) is 11.5 Å². The Morgan fingerprint density at radius 1 is 1.28 bits per heavy atom. The van der Waals surface area contributed by atoms with E-state index in [1.165, 1.54) is 7.11 Å². The van der Waals surface area contributed by atoms with E-state index in [0.717, 1.165) is 35.5 Å². The summed E-state index contributed by atoms with van der Waals surface area (Å²) < 4.78 is 7.50. The number of phenols is 1. The number of halogens is 2. The molecule has 2 aromatic carbocycles. The average Bonchev–Trinajstić information content (AvgIpc) is 3.10. The molecule has 9 heteroatoms. The van der Waals surface area contributed by atoms with Crippen molar-refractivity contribution in [2.24, 2.45) is 5.10 Å². The molecule has 0 saturated heterocycles. The van der Waals surface area contributed by atoms with E-state index in [4.69, 9.17) is 16.3 Å². The number of rotatable bonds is 8. The predicted molar refractivity (Wildman–Crippen MR) is 120 cm³/mol. The van der Waals surface area contributed by atoms with Crippen LogP contribution in [0, 0.1) is 0 Å². The molecular weight excluding hydrogens is 476 g/mol. The van der Waals surface area contributed by atoms with Gasteiger partial charge in [-0.15, -0.1) is 10.2 Å². The van der Waals surface area contributed by atoms with E-state index in [9.17, 15) is 5.11 Å². The van der Waals surface area contributed by atoms with Crippen molar-refractivity contribution >= 4 is 45.5 Å². The van der Waals surface area contributed by atoms with Crippen molar-refractivity contribution in [1.29, 1.82) is 0 Å². The van der Waals surface area contributed by atoms with E-state index in [1.807, 2.05) is 24.3 Å². The summed E-state index contributed by atoms with van der Waals surface area (Å²) in [6.07, 6.45) is 3.41. The monoisotopic (exact) mass is 494 g/mol. The van der Waals surface area contributed by atoms with Crippen molar-refractivity contribution in [2.45, 2.75) is 30.7 Å². The van der Waals surface area contributed by atoms with Crippen LogP contribution in [0.15, 0.2) is 51.1 Å². The summed E-state index contributed by atoms with van der Waals surface area (Å²) in [5.74, 6) is 1.96. The van der Waals surface area contributed by atoms with Gasteiger partial charge in [0.15, 0.2) is 17.3 Å². The van der Waals surface area contributed by atoms with Crippen molar-refractivity contribution in [3.05, 3.63) is 62.8 Å². The zero-order valence-corrected chi connectivity index (χ0v) is 19.1. The molecule has 0 aliphatic heterocycles. The van der Waals surface area contributed by atoms with Gasteiger partial charge in [0.2, 0.25) is 5.16 Å². The van der Waals surface area contributed by atoms with Crippen molar-refractivity contribution in [1.82, 2.24) is 14.9 Å². The molecule has 0 saturated carbocycles. The zero-order valence-electron chi connectivity index (χ0n) is 16.0. The van der Waals surface area contributed by atoms with Crippen LogP contribution < -0.4 is 4.74 Å². The second kappa shape index (κ2) is 10.1. The number of thioether (sulfide) groups is 1. The Morgan fingerprint density at radius 3 is 2.72 bits per heavy atom. The standard InChI is InChI=1S/C20H20BrClN4O2S/c1-3-4-18-24-25-20(29-12-13-5-7-15(22)8-6-13)26(18)23-11-14-9-16(21)19(27)17(10-14)28-2/h5-11,27H,3-4,12H2,1-2H3/b23-11+. The molecule has 0 bridgehead atoms. The van der Waals surface area contributed by atoms with Crippen LogP contribution in [0.4, 0.5) is 0 Å². The van der Waals surface area contributed by atoms with Crippen LogP contribution in [0.1, 0.15) is 30.3 Å². The molecule has 0 radical (unpaired) electrons. The highest BCUT2D eigenvalue weighted by atomic mass is 79.9. The molecule has 152 valence electrons. The molecule has 3 aromatic rings. The summed E-state index contributed by atoms with van der Waals surface area (Å²) in [5, 5.41) is 24.6. The molecule has 3 rings (SSSR count). The lowest BCUT2D eigenvalue weighted by Gasteiger charge is -2.07. The Hall–Kier alpha value is -2.03. The van der Waals surface area contributed by atoms with Gasteiger partial charge in [-0.3, -0.25) is 0 Å². The van der Waals surface area contributed by atoms with Gasteiger partial charge in [0.25, 0.3) is 0 Å². The maximum Gasteiger partial charge on any atom is 0.212 e. The van der Waals surface area contributed by atoms with Crippen molar-refractivity contribution in [3.8, 4) is 11.5 Å². The quantitative estimate of drug-likeness (QED) is 0.328. The summed E-state index contributed by atoms with van der Waals surface area (Å²) >= 11 is 10.8. The second-order valence-electron chi connectivity index (χ2n) is 6.17. The Balaban J connectivity index is 1.85. The normalized spacial score (nSPS) is 11.3. The van der Waals surface area contributed by atoms with Crippen LogP contribution in [0.3, 0.4) is 0 Å². The number of hydrogen-bond acceptors (Lipinski definition) is 6. The van der Waals surface area contributed by atoms with E-state index in [2.05, 4.69) is 38.2 Å². The Labute approximate surface area is 187 Å². The van der Waals surface area contributed by atoms with E-state index in [1.54, 1.807) is 34.8 Å². The highest BCUT2D eigenvalue weighted by Gasteiger charge is 2.12. The van der Waals surface area contributed by atoms with Gasteiger partial charge < -0.3 is 9.84 Å². The molecule has 0 fully saturated rings. The van der Waals surface area contributed by atoms with E-state index in [-0.39, 0.29) is 5.75 Å². The summed E-state index contributed by atoms with van der Waals surface area (Å²) in [6, 6.07) is 11.2. The molecule has 1 aromatic heterocycles. The van der Waals surface area contributed by atoms with Crippen molar-refractivity contribution in [3.63, 3.8) is 0 Å². The molecule has 0 aliphatic carbocycles. The third-order valence-electron chi connectivity index (χ3n) is 4.02. The van der Waals surface area contributed by atoms with Gasteiger partial charge >= 0.3 is 0 Å². The fraction of sp³-hybridized carbons (Fsp3) is 0.250. The molecule has 29 heavy (non-hydrogen) atoms. The van der Waals surface area contributed by atoms with Crippen LogP contribution in [-0.4, -0.2) is 33.3 Å². The first-order valence-corrected chi connectivity index (χ1v) is 11.1. The fourth-order valence-corrected chi connectivity index (χ4v) is 4.01. The number of benzene rings is 2. The molecule has 0 aliphatic rings. The third-order valence-corrected chi connectivity index (χ3v) is 5.87. The smallest absolute Gasteiger partial charge is 0.212 e. The first-order chi connectivity index (χ1) is 14.0. The van der Waals surface area contributed by atoms with Crippen LogP contribution in [-0.2, 0) is 12.2 Å². The van der Waals surface area contributed by atoms with Crippen LogP contribution >= 0.6 is 39.3 Å². The molecule has 0 unspecified atom stereocenters. The second-order valence-corrected chi connectivity index (χ2v) is 8.41. The minimum absolute atomic E-state index is 0.0554. The number of methoxy groups -OCH3 is 1. The van der Waals surface area contributed by atoms with Gasteiger partial charge in [0, 0.05) is 17.2 Å². The number of nitrogens with zero attached hydrogens (tertiary/aromatic N) is 4. The van der Waals surface area contributed by atoms with Crippen LogP contribution in [0.25, 0.3) is 0 Å². The molecular formula is C20H20BrClN4O2S. The summed E-state index contributed by atoms with van der Waals surface area (Å²) in [4.78, 5) is 0. The Morgan fingerprint density at radius 2 is 2.03 bits per heavy atom. The molecule has 1 heterocycles. The van der Waals surface area contributed by atoms with E-state index >= 15 is 0 Å². The highest BCUT2D eigenvalue weighted by Crippen LogP contribution is 2.34. The van der Waals surface area contributed by atoms with E-state index < -0.39 is 0 Å². The third kappa shape index (κ3) is 5.52. The predicted octanol–water partition coefficient (Wildman–Crippen LogP) is 5.54. The summed E-state index contributed by atoms with van der Waals surface area (Å²) in [5.41, 5.74) is 1.92. The first kappa shape index (κ1) is 21.7. The minimum Gasteiger partial charge on any atom is -0.503 e. The van der Waals surface area contributed by atoms with Gasteiger partial charge in [-0.05, 0) is 57.7 Å². The lowest BCUT2D eigenvalue weighted by Crippen LogP contribution is -2.00. The highest BCUT2D eigenvalue weighted by molar-refractivity contribution is 9.10. The Bertz CT molecular complexity index is 1010. The number of ether oxygens (including phenoxy) is 1. The number of hydrogen-bond donors (Lipinski definition) is 1. The van der Waals surface area contributed by atoms with Gasteiger partial charge in [0.05, 0.1) is 17.8 Å². The number of aromatic nitrogens is 3. The van der Waals surface area contributed by atoms with Gasteiger partial charge in [0.1, 0.15) is 0 Å². The number of aryl methyl sites for hydroxylation is 1. The maximum absolute atomic E-state index is 9.97. The van der Waals surface area contributed by atoms with Crippen molar-refractivity contribution in [2.75, 3.05) is 7.11 Å². The minimum atomic E-state index is 0.0554. The first-order valence-electron chi connectivity index (χ1n) is 8.94. The van der Waals surface area contributed by atoms with E-state index in [0.29, 0.717) is 20.4 Å². The van der Waals surface area contributed by atoms with Gasteiger partial charge in [-0.2, -0.15) is 9.78 Å². The fourth-order valence-electron chi connectivity index (χ4n) is 2.56. The topological polar surface area (TPSA) is 72.5 Å². The molecule has 0 spiro atoms. The SMILES string of the molecule is CCCc1nnc(SCc2ccc(Cl)cc2)n1/N=C/c1cc(Br)c(O)c(OC)c1. The van der Waals surface area contributed by atoms with Crippen LogP contribution in [0.2, 0.25) is 5.02 Å². The molecule has 1 N–H and O–H groups in total. The lowest BCUT2D eigenvalue weighted by molar-refractivity contribution is 0.372. The van der Waals surface area contributed by atoms with Gasteiger partial charge in [-0.25, -0.2) is 0 Å². The Kier molecular flexibility index (Phi) is 7.57. The lowest BCUT2D eigenvalue weighted by atomic mass is 10.2. The largest absolute Gasteiger partial charge is 0.503 e. The maximum atomic E-state index is 9.97. The molecule has 0 amide bonds. The summed E-state index contributed by atoms with van der Waals surface area (Å²) in [7, 11) is 1.51. The molecule has 6 nitrogen and oxygen atoms in total. The summed E-state index contributed by atoms with van der Waals surface area (Å²) in [6.45, 7) is 2.09.